The number of amides is 2. The Labute approximate surface area is 302 Å². The molecule has 3 aliphatic heterocycles. The lowest BCUT2D eigenvalue weighted by Crippen LogP contribution is -2.53. The molecule has 0 aliphatic carbocycles. The zero-order chi connectivity index (χ0) is 36.1. The van der Waals surface area contributed by atoms with Crippen LogP contribution >= 0.6 is 23.4 Å². The average Bonchev–Trinajstić information content (AvgIpc) is 3.45. The number of methoxy groups -OCH3 is 1. The third-order valence-electron chi connectivity index (χ3n) is 8.46. The Bertz CT molecular complexity index is 1940. The Balaban J connectivity index is 1.19. The number of carbonyl (C=O) groups is 3. The number of nitrogens with zero attached hydrogens (tertiary/aromatic N) is 6. The van der Waals surface area contributed by atoms with Crippen molar-refractivity contribution in [3.8, 4) is 11.5 Å². The number of piperazine rings is 1. The first-order valence-corrected chi connectivity index (χ1v) is 17.2. The number of aliphatic imine (C=N–C) groups is 2. The number of nitrogens with one attached hydrogen (secondary N) is 1. The first-order valence-electron chi connectivity index (χ1n) is 15.8. The number of aromatic carboxylic acids is 1. The van der Waals surface area contributed by atoms with E-state index >= 15 is 0 Å². The molecule has 2 aromatic carbocycles. The highest BCUT2D eigenvalue weighted by molar-refractivity contribution is 8.02. The molecule has 2 fully saturated rings. The number of rotatable bonds is 12. The Morgan fingerprint density at radius 1 is 1.18 bits per heavy atom. The van der Waals surface area contributed by atoms with Crippen molar-refractivity contribution >= 4 is 59.7 Å². The number of anilines is 1. The molecular formula is C35H33ClFN7O6S. The third kappa shape index (κ3) is 8.06. The molecule has 3 aromatic rings. The molecule has 6 rings (SSSR count). The number of urea groups is 1. The number of halogens is 2. The Morgan fingerprint density at radius 2 is 2.02 bits per heavy atom. The molecule has 4 heterocycles. The van der Waals surface area contributed by atoms with E-state index in [1.54, 1.807) is 40.8 Å². The molecular weight excluding hydrogens is 701 g/mol. The Kier molecular flexibility index (Phi) is 11.0. The van der Waals surface area contributed by atoms with E-state index in [1.807, 2.05) is 4.90 Å². The van der Waals surface area contributed by atoms with Gasteiger partial charge in [0.25, 0.3) is 0 Å². The van der Waals surface area contributed by atoms with Crippen molar-refractivity contribution in [3.63, 3.8) is 0 Å². The van der Waals surface area contributed by atoms with Crippen LogP contribution < -0.4 is 15.0 Å². The van der Waals surface area contributed by atoms with Crippen molar-refractivity contribution in [3.05, 3.63) is 106 Å². The molecule has 1 aromatic heterocycles. The summed E-state index contributed by atoms with van der Waals surface area (Å²) in [5.74, 6) is 0.0296. The van der Waals surface area contributed by atoms with Gasteiger partial charge in [-0.25, -0.2) is 23.8 Å². The summed E-state index contributed by atoms with van der Waals surface area (Å²) >= 11 is 7.91. The number of ether oxygens (including phenoxy) is 2. The largest absolute Gasteiger partial charge is 0.478 e. The number of fused-ring (bicyclic) bond motifs is 1. The molecule has 264 valence electrons. The van der Waals surface area contributed by atoms with Gasteiger partial charge in [0.2, 0.25) is 0 Å². The molecule has 13 nitrogen and oxygen atoms in total. The summed E-state index contributed by atoms with van der Waals surface area (Å²) in [7, 11) is 1.29. The fourth-order valence-electron chi connectivity index (χ4n) is 6.12. The molecule has 51 heavy (non-hydrogen) atoms. The summed E-state index contributed by atoms with van der Waals surface area (Å²) in [5, 5.41) is 14.5. The maximum atomic E-state index is 14.0. The number of carboxylic acids is 1. The fraction of sp³-hybridized carbons (Fsp3) is 0.257. The van der Waals surface area contributed by atoms with Crippen LogP contribution in [-0.4, -0.2) is 102 Å². The van der Waals surface area contributed by atoms with E-state index in [9.17, 15) is 23.9 Å². The summed E-state index contributed by atoms with van der Waals surface area (Å²) in [6, 6.07) is 12.3. The molecule has 1 unspecified atom stereocenters. The summed E-state index contributed by atoms with van der Waals surface area (Å²) in [5.41, 5.74) is 1.39. The number of aromatic nitrogens is 1. The van der Waals surface area contributed by atoms with Crippen LogP contribution in [0, 0.1) is 5.82 Å². The van der Waals surface area contributed by atoms with E-state index < -0.39 is 23.8 Å². The first kappa shape index (κ1) is 35.6. The Morgan fingerprint density at radius 3 is 2.75 bits per heavy atom. The highest BCUT2D eigenvalue weighted by Crippen LogP contribution is 2.37. The number of hydrogen-bond acceptors (Lipinski definition) is 11. The van der Waals surface area contributed by atoms with Crippen LogP contribution in [0.3, 0.4) is 0 Å². The third-order valence-corrected chi connectivity index (χ3v) is 9.54. The average molecular weight is 734 g/mol. The number of thioether (sulfide) groups is 1. The van der Waals surface area contributed by atoms with Gasteiger partial charge in [-0.2, -0.15) is 0 Å². The summed E-state index contributed by atoms with van der Waals surface area (Å²) in [6.45, 7) is 5.65. The van der Waals surface area contributed by atoms with Gasteiger partial charge in [-0.05, 0) is 54.6 Å². The molecule has 0 spiro atoms. The quantitative estimate of drug-likeness (QED) is 0.184. The molecule has 2 N–H and O–H groups in total. The lowest BCUT2D eigenvalue weighted by molar-refractivity contribution is -0.136. The van der Waals surface area contributed by atoms with Gasteiger partial charge in [0.15, 0.2) is 0 Å². The van der Waals surface area contributed by atoms with Gasteiger partial charge in [-0.3, -0.25) is 19.8 Å². The smallest absolute Gasteiger partial charge is 0.338 e. The van der Waals surface area contributed by atoms with Crippen LogP contribution in [0.5, 0.6) is 11.5 Å². The SMILES string of the molecule is C=N/C=C\SCC1=N[C@@H](c2ccc(F)cc2Cl)C(C(=O)OC)=C(CN2CCN3C(=O)N(c4ccc(Oc5cccc(C(=O)O)c5)cn4)CC3C2)N1. The number of pyridine rings is 1. The van der Waals surface area contributed by atoms with Crippen LogP contribution in [0.25, 0.3) is 0 Å². The summed E-state index contributed by atoms with van der Waals surface area (Å²) in [6.07, 6.45) is 3.05. The lowest BCUT2D eigenvalue weighted by Gasteiger charge is -2.38. The molecule has 16 heteroatoms. The van der Waals surface area contributed by atoms with Gasteiger partial charge in [0.1, 0.15) is 35.0 Å². The minimum absolute atomic E-state index is 0.0987. The monoisotopic (exact) mass is 733 g/mol. The number of hydrogen-bond donors (Lipinski definition) is 2. The van der Waals surface area contributed by atoms with Crippen molar-refractivity contribution in [2.45, 2.75) is 12.1 Å². The van der Waals surface area contributed by atoms with Crippen LogP contribution in [0.15, 0.2) is 93.7 Å². The standard InChI is InChI=1S/C35H33ClFN7O6S/c1-38-10-13-51-20-29-40-28(31(34(47)49-2)32(41-29)26-8-6-22(37)15-27(26)36)19-42-11-12-43-23(17-42)18-44(35(43)48)30-9-7-25(16-39-30)50-24-5-3-4-21(14-24)33(45)46/h3-10,13-16,23,32H,1,11-12,17-20H2,2H3,(H,40,41)(H,45,46)/b13-10-/t23?,32-/m0/s1. The second-order valence-corrected chi connectivity index (χ2v) is 13.0. The molecule has 0 saturated carbocycles. The van der Waals surface area contributed by atoms with Crippen molar-refractivity contribution in [2.24, 2.45) is 9.98 Å². The van der Waals surface area contributed by atoms with Crippen molar-refractivity contribution in [1.82, 2.24) is 20.1 Å². The molecule has 3 aliphatic rings. The van der Waals surface area contributed by atoms with E-state index in [0.29, 0.717) is 72.9 Å². The number of esters is 1. The minimum atomic E-state index is -1.06. The van der Waals surface area contributed by atoms with E-state index in [2.05, 4.69) is 26.9 Å². The maximum Gasteiger partial charge on any atom is 0.338 e. The van der Waals surface area contributed by atoms with Gasteiger partial charge in [-0.15, -0.1) is 11.8 Å². The van der Waals surface area contributed by atoms with Crippen molar-refractivity contribution < 1.29 is 33.4 Å². The second kappa shape index (κ2) is 15.7. The zero-order valence-electron chi connectivity index (χ0n) is 27.4. The molecule has 0 radical (unpaired) electrons. The summed E-state index contributed by atoms with van der Waals surface area (Å²) in [4.78, 5) is 56.7. The maximum absolute atomic E-state index is 14.0. The fourth-order valence-corrected chi connectivity index (χ4v) is 6.96. The highest BCUT2D eigenvalue weighted by Gasteiger charge is 2.42. The first-order chi connectivity index (χ1) is 24.6. The predicted molar refractivity (Wildman–Crippen MR) is 192 cm³/mol. The topological polar surface area (TPSA) is 149 Å². The van der Waals surface area contributed by atoms with Gasteiger partial charge in [0.05, 0.1) is 42.8 Å². The summed E-state index contributed by atoms with van der Waals surface area (Å²) < 4.78 is 25.0. The van der Waals surface area contributed by atoms with Crippen LogP contribution in [0.4, 0.5) is 15.0 Å². The van der Waals surface area contributed by atoms with Gasteiger partial charge in [0, 0.05) is 48.7 Å². The van der Waals surface area contributed by atoms with E-state index in [4.69, 9.17) is 26.1 Å². The number of carboxylic acid groups (broad SMARTS) is 1. The van der Waals surface area contributed by atoms with E-state index in [1.165, 1.54) is 55.4 Å². The van der Waals surface area contributed by atoms with Gasteiger partial charge < -0.3 is 24.8 Å². The lowest BCUT2D eigenvalue weighted by atomic mass is 9.95. The Hall–Kier alpha value is -5.25. The van der Waals surface area contributed by atoms with E-state index in [0.717, 1.165) is 0 Å². The van der Waals surface area contributed by atoms with Gasteiger partial charge >= 0.3 is 18.0 Å². The van der Waals surface area contributed by atoms with Crippen LogP contribution in [0.2, 0.25) is 5.02 Å². The number of benzene rings is 2. The highest BCUT2D eigenvalue weighted by atomic mass is 35.5. The van der Waals surface area contributed by atoms with Crippen LogP contribution in [0.1, 0.15) is 22.0 Å². The normalized spacial score (nSPS) is 19.1. The molecule has 2 amide bonds. The van der Waals surface area contributed by atoms with E-state index in [-0.39, 0.29) is 28.2 Å². The van der Waals surface area contributed by atoms with Crippen molar-refractivity contribution in [2.75, 3.05) is 50.5 Å². The van der Waals surface area contributed by atoms with Crippen molar-refractivity contribution in [1.29, 1.82) is 0 Å². The second-order valence-electron chi connectivity index (χ2n) is 11.7. The molecule has 0 bridgehead atoms. The van der Waals surface area contributed by atoms with Gasteiger partial charge in [-0.1, -0.05) is 23.7 Å². The van der Waals surface area contributed by atoms with Crippen LogP contribution in [-0.2, 0) is 9.53 Å². The number of amidine groups is 1. The zero-order valence-corrected chi connectivity index (χ0v) is 28.9. The molecule has 2 atom stereocenters. The number of carbonyl (C=O) groups excluding carboxylic acids is 2. The minimum Gasteiger partial charge on any atom is -0.478 e. The predicted octanol–water partition coefficient (Wildman–Crippen LogP) is 5.37. The molecule has 2 saturated heterocycles.